The van der Waals surface area contributed by atoms with Crippen molar-refractivity contribution in [2.24, 2.45) is 0 Å². The first-order chi connectivity index (χ1) is 7.70. The predicted octanol–water partition coefficient (Wildman–Crippen LogP) is -0.817. The predicted molar refractivity (Wildman–Crippen MR) is 79.8 cm³/mol. The molecule has 0 aliphatic carbocycles. The molecule has 0 rings (SSSR count). The van der Waals surface area contributed by atoms with E-state index in [4.69, 9.17) is 0 Å². The van der Waals surface area contributed by atoms with Gasteiger partial charge in [-0.05, 0) is 0 Å². The first-order valence-electron chi connectivity index (χ1n) is 4.81. The molecule has 6 nitrogen and oxygen atoms in total. The molecule has 0 aromatic heterocycles. The summed E-state index contributed by atoms with van der Waals surface area (Å²) in [5, 5.41) is 5.46. The molecule has 94 valence electrons. The summed E-state index contributed by atoms with van der Waals surface area (Å²) < 4.78 is 0.959. The van der Waals surface area contributed by atoms with Crippen LogP contribution in [-0.2, 0) is 9.59 Å². The molecule has 0 atom stereocenters. The van der Waals surface area contributed by atoms with E-state index in [0.29, 0.717) is 35.0 Å². The molecule has 0 fully saturated rings. The average Bonchev–Trinajstić information content (AvgIpc) is 2.31. The van der Waals surface area contributed by atoms with Crippen molar-refractivity contribution in [2.75, 3.05) is 35.0 Å². The first-order valence-corrected chi connectivity index (χ1v) is 7.87. The van der Waals surface area contributed by atoms with Gasteiger partial charge in [0.25, 0.3) is 0 Å². The Balaban J connectivity index is 3.10. The van der Waals surface area contributed by atoms with Crippen molar-refractivity contribution >= 4 is 57.0 Å². The van der Waals surface area contributed by atoms with Crippen LogP contribution < -0.4 is 21.5 Å². The van der Waals surface area contributed by atoms with Crippen LogP contribution in [0.3, 0.4) is 0 Å². The van der Waals surface area contributed by atoms with Gasteiger partial charge < -0.3 is 10.6 Å². The number of amides is 2. The van der Waals surface area contributed by atoms with Crippen LogP contribution in [0.1, 0.15) is 0 Å². The SMILES string of the molecule is O=C(CI)NCCNNCCNC(=O)CI. The lowest BCUT2D eigenvalue weighted by Crippen LogP contribution is -2.42. The highest BCUT2D eigenvalue weighted by atomic mass is 127. The van der Waals surface area contributed by atoms with Crippen LogP contribution in [-0.4, -0.2) is 46.8 Å². The third-order valence-corrected chi connectivity index (χ3v) is 2.90. The van der Waals surface area contributed by atoms with Crippen LogP contribution >= 0.6 is 45.2 Å². The van der Waals surface area contributed by atoms with Gasteiger partial charge in [-0.3, -0.25) is 20.4 Å². The van der Waals surface area contributed by atoms with E-state index >= 15 is 0 Å². The highest BCUT2D eigenvalue weighted by Gasteiger charge is 1.96. The van der Waals surface area contributed by atoms with Gasteiger partial charge in [-0.1, -0.05) is 45.2 Å². The third kappa shape index (κ3) is 10.8. The van der Waals surface area contributed by atoms with Crippen LogP contribution in [0.25, 0.3) is 0 Å². The second kappa shape index (κ2) is 11.8. The van der Waals surface area contributed by atoms with Gasteiger partial charge in [0, 0.05) is 26.2 Å². The van der Waals surface area contributed by atoms with Crippen LogP contribution in [0.4, 0.5) is 0 Å². The Morgan fingerprint density at radius 2 is 1.12 bits per heavy atom. The monoisotopic (exact) mass is 454 g/mol. The van der Waals surface area contributed by atoms with Gasteiger partial charge >= 0.3 is 0 Å². The van der Waals surface area contributed by atoms with Gasteiger partial charge in [-0.25, -0.2) is 0 Å². The summed E-state index contributed by atoms with van der Waals surface area (Å²) >= 11 is 4.03. The van der Waals surface area contributed by atoms with E-state index in [2.05, 4.69) is 21.5 Å². The number of hydrogen-bond acceptors (Lipinski definition) is 4. The summed E-state index contributed by atoms with van der Waals surface area (Å²) in [7, 11) is 0. The van der Waals surface area contributed by atoms with E-state index in [1.54, 1.807) is 0 Å². The van der Waals surface area contributed by atoms with Gasteiger partial charge in [-0.2, -0.15) is 0 Å². The number of nitrogens with one attached hydrogen (secondary N) is 4. The van der Waals surface area contributed by atoms with Crippen molar-refractivity contribution in [1.82, 2.24) is 21.5 Å². The van der Waals surface area contributed by atoms with Crippen LogP contribution in [0.15, 0.2) is 0 Å². The molecule has 0 aliphatic heterocycles. The smallest absolute Gasteiger partial charge is 0.229 e. The zero-order valence-corrected chi connectivity index (χ0v) is 13.1. The van der Waals surface area contributed by atoms with E-state index in [9.17, 15) is 9.59 Å². The van der Waals surface area contributed by atoms with Crippen molar-refractivity contribution in [1.29, 1.82) is 0 Å². The Morgan fingerprint density at radius 1 is 0.750 bits per heavy atom. The molecular formula is C8H16I2N4O2. The van der Waals surface area contributed by atoms with E-state index < -0.39 is 0 Å². The maximum absolute atomic E-state index is 10.8. The van der Waals surface area contributed by atoms with Gasteiger partial charge in [0.05, 0.1) is 8.86 Å². The summed E-state index contributed by atoms with van der Waals surface area (Å²) in [6, 6.07) is 0. The Hall–Kier alpha value is 0.320. The minimum absolute atomic E-state index is 0.0386. The minimum atomic E-state index is 0.0386. The molecule has 0 aromatic rings. The van der Waals surface area contributed by atoms with E-state index in [1.165, 1.54) is 0 Å². The van der Waals surface area contributed by atoms with Crippen molar-refractivity contribution in [3.63, 3.8) is 0 Å². The number of alkyl halides is 2. The largest absolute Gasteiger partial charge is 0.354 e. The van der Waals surface area contributed by atoms with E-state index in [-0.39, 0.29) is 11.8 Å². The zero-order chi connectivity index (χ0) is 12.2. The molecule has 0 unspecified atom stereocenters. The zero-order valence-electron chi connectivity index (χ0n) is 8.82. The molecule has 8 heteroatoms. The number of halogens is 2. The highest BCUT2D eigenvalue weighted by Crippen LogP contribution is 1.78. The van der Waals surface area contributed by atoms with Crippen molar-refractivity contribution < 1.29 is 9.59 Å². The Bertz CT molecular complexity index is 194. The number of rotatable bonds is 9. The molecule has 0 spiro atoms. The maximum Gasteiger partial charge on any atom is 0.229 e. The molecule has 0 saturated carbocycles. The fraction of sp³-hybridized carbons (Fsp3) is 0.750. The molecule has 0 heterocycles. The standard InChI is InChI=1S/C8H16I2N4O2/c9-5-7(15)11-1-3-13-14-4-2-12-8(16)6-10/h13-14H,1-6H2,(H,11,15)(H,12,16). The van der Waals surface area contributed by atoms with E-state index in [1.807, 2.05) is 45.2 Å². The summed E-state index contributed by atoms with van der Waals surface area (Å²) in [6.07, 6.45) is 0. The number of carbonyl (C=O) groups excluding carboxylic acids is 2. The first kappa shape index (κ1) is 16.3. The lowest BCUT2D eigenvalue weighted by molar-refractivity contribution is -0.119. The second-order valence-electron chi connectivity index (χ2n) is 2.82. The molecule has 0 bridgehead atoms. The number of hydrogen-bond donors (Lipinski definition) is 4. The highest BCUT2D eigenvalue weighted by molar-refractivity contribution is 14.1. The third-order valence-electron chi connectivity index (χ3n) is 1.51. The van der Waals surface area contributed by atoms with Gasteiger partial charge in [0.2, 0.25) is 11.8 Å². The van der Waals surface area contributed by atoms with Crippen LogP contribution in [0, 0.1) is 0 Å². The minimum Gasteiger partial charge on any atom is -0.354 e. The quantitative estimate of drug-likeness (QED) is 0.159. The van der Waals surface area contributed by atoms with Crippen molar-refractivity contribution in [3.05, 3.63) is 0 Å². The molecule has 0 aliphatic rings. The average molecular weight is 454 g/mol. The van der Waals surface area contributed by atoms with Gasteiger partial charge in [0.1, 0.15) is 0 Å². The summed E-state index contributed by atoms with van der Waals surface area (Å²) in [4.78, 5) is 21.7. The molecule has 0 saturated heterocycles. The Labute approximate surface area is 122 Å². The Kier molecular flexibility index (Phi) is 12.0. The maximum atomic E-state index is 10.8. The molecule has 2 amide bonds. The van der Waals surface area contributed by atoms with Crippen LogP contribution in [0.5, 0.6) is 0 Å². The second-order valence-corrected chi connectivity index (χ2v) is 4.35. The van der Waals surface area contributed by atoms with Crippen molar-refractivity contribution in [2.45, 2.75) is 0 Å². The van der Waals surface area contributed by atoms with Gasteiger partial charge in [-0.15, -0.1) is 0 Å². The fourth-order valence-corrected chi connectivity index (χ4v) is 1.34. The normalized spacial score (nSPS) is 9.88. The van der Waals surface area contributed by atoms with E-state index in [0.717, 1.165) is 0 Å². The number of carbonyl (C=O) groups is 2. The molecule has 4 N–H and O–H groups in total. The summed E-state index contributed by atoms with van der Waals surface area (Å²) in [5.74, 6) is 0.0772. The fourth-order valence-electron chi connectivity index (χ4n) is 0.800. The van der Waals surface area contributed by atoms with Crippen LogP contribution in [0.2, 0.25) is 0 Å². The molecule has 16 heavy (non-hydrogen) atoms. The lowest BCUT2D eigenvalue weighted by Gasteiger charge is -2.08. The molecule has 0 aromatic carbocycles. The number of hydrazine groups is 1. The van der Waals surface area contributed by atoms with Gasteiger partial charge in [0.15, 0.2) is 0 Å². The molecule has 0 radical (unpaired) electrons. The summed E-state index contributed by atoms with van der Waals surface area (Å²) in [6.45, 7) is 2.50. The van der Waals surface area contributed by atoms with Crippen molar-refractivity contribution in [3.8, 4) is 0 Å². The molecular weight excluding hydrogens is 438 g/mol. The lowest BCUT2D eigenvalue weighted by atomic mass is 10.6. The summed E-state index contributed by atoms with van der Waals surface area (Å²) in [5.41, 5.74) is 5.87. The topological polar surface area (TPSA) is 82.3 Å². The Morgan fingerprint density at radius 3 is 1.44 bits per heavy atom.